The number of nitro benzene ring substituents is 1. The smallest absolute Gasteiger partial charge is 0.312 e. The Kier molecular flexibility index (Phi) is 6.75. The highest BCUT2D eigenvalue weighted by atomic mass is 35.5. The number of hydrogen-bond acceptors (Lipinski definition) is 6. The summed E-state index contributed by atoms with van der Waals surface area (Å²) >= 11 is 0. The lowest BCUT2D eigenvalue weighted by Crippen LogP contribution is -2.48. The van der Waals surface area contributed by atoms with Crippen LogP contribution in [0.1, 0.15) is 13.3 Å². The van der Waals surface area contributed by atoms with Gasteiger partial charge in [-0.3, -0.25) is 10.1 Å². The van der Waals surface area contributed by atoms with Crippen molar-refractivity contribution in [3.63, 3.8) is 0 Å². The lowest BCUT2D eigenvalue weighted by molar-refractivity contribution is -0.386. The van der Waals surface area contributed by atoms with Crippen molar-refractivity contribution < 1.29 is 18.1 Å². The molecule has 1 aromatic carbocycles. The van der Waals surface area contributed by atoms with Gasteiger partial charge in [0, 0.05) is 12.1 Å². The molecule has 2 N–H and O–H groups in total. The summed E-state index contributed by atoms with van der Waals surface area (Å²) < 4.78 is 32.4. The van der Waals surface area contributed by atoms with E-state index in [4.69, 9.17) is 4.74 Å². The number of hydrogen-bond donors (Lipinski definition) is 2. The fourth-order valence-electron chi connectivity index (χ4n) is 2.44. The van der Waals surface area contributed by atoms with Crippen molar-refractivity contribution in [2.75, 3.05) is 20.2 Å². The molecule has 2 atom stereocenters. The highest BCUT2D eigenvalue weighted by Gasteiger charge is 2.28. The summed E-state index contributed by atoms with van der Waals surface area (Å²) in [6.45, 7) is 3.42. The van der Waals surface area contributed by atoms with Crippen molar-refractivity contribution in [1.82, 2.24) is 10.0 Å². The first-order valence-corrected chi connectivity index (χ1v) is 8.39. The van der Waals surface area contributed by atoms with Crippen LogP contribution in [0.4, 0.5) is 5.69 Å². The molecule has 1 fully saturated rings. The summed E-state index contributed by atoms with van der Waals surface area (Å²) in [5, 5.41) is 14.2. The molecule has 1 aliphatic rings. The highest BCUT2D eigenvalue weighted by Crippen LogP contribution is 2.29. The topological polar surface area (TPSA) is 111 Å². The highest BCUT2D eigenvalue weighted by molar-refractivity contribution is 7.89. The first-order valence-electron chi connectivity index (χ1n) is 6.90. The molecule has 0 radical (unpaired) electrons. The van der Waals surface area contributed by atoms with Crippen LogP contribution < -0.4 is 14.8 Å². The lowest BCUT2D eigenvalue weighted by Gasteiger charge is -2.29. The van der Waals surface area contributed by atoms with E-state index in [1.54, 1.807) is 0 Å². The monoisotopic (exact) mass is 365 g/mol. The standard InChI is InChI=1S/C13H19N3O5S.ClH/c1-9-8-14-6-5-11(9)15-22(19,20)10-3-4-13(21-2)12(7-10)16(17)18;/h3-4,7,9,11,14-15H,5-6,8H2,1-2H3;1H. The van der Waals surface area contributed by atoms with Crippen LogP contribution in [0.5, 0.6) is 5.75 Å². The van der Waals surface area contributed by atoms with Gasteiger partial charge in [0.1, 0.15) is 0 Å². The number of nitrogens with zero attached hydrogens (tertiary/aromatic N) is 1. The minimum absolute atomic E-state index is 0. The molecule has 1 aromatic rings. The molecular weight excluding hydrogens is 346 g/mol. The van der Waals surface area contributed by atoms with E-state index in [-0.39, 0.29) is 40.7 Å². The van der Waals surface area contributed by atoms with Crippen LogP contribution in [0.3, 0.4) is 0 Å². The maximum absolute atomic E-state index is 12.4. The summed E-state index contributed by atoms with van der Waals surface area (Å²) in [4.78, 5) is 10.2. The van der Waals surface area contributed by atoms with Gasteiger partial charge in [-0.25, -0.2) is 13.1 Å². The number of nitro groups is 1. The summed E-state index contributed by atoms with van der Waals surface area (Å²) in [6, 6.07) is 3.43. The van der Waals surface area contributed by atoms with Gasteiger partial charge in [-0.15, -0.1) is 12.4 Å². The second-order valence-corrected chi connectivity index (χ2v) is 7.00. The molecule has 10 heteroatoms. The quantitative estimate of drug-likeness (QED) is 0.601. The molecule has 1 aliphatic heterocycles. The van der Waals surface area contributed by atoms with Crippen LogP contribution in [0.2, 0.25) is 0 Å². The van der Waals surface area contributed by atoms with Gasteiger partial charge in [0.25, 0.3) is 0 Å². The average molecular weight is 366 g/mol. The molecular formula is C13H20ClN3O5S. The van der Waals surface area contributed by atoms with Gasteiger partial charge in [0.15, 0.2) is 5.75 Å². The summed E-state index contributed by atoms with van der Waals surface area (Å²) in [5.41, 5.74) is -0.372. The SMILES string of the molecule is COc1ccc(S(=O)(=O)NC2CCNCC2C)cc1[N+](=O)[O-].Cl. The molecule has 0 bridgehead atoms. The van der Waals surface area contributed by atoms with Gasteiger partial charge in [-0.1, -0.05) is 6.92 Å². The molecule has 0 amide bonds. The van der Waals surface area contributed by atoms with Gasteiger partial charge < -0.3 is 10.1 Å². The Morgan fingerprint density at radius 1 is 1.43 bits per heavy atom. The number of halogens is 1. The molecule has 1 saturated heterocycles. The Balaban J connectivity index is 0.00000264. The van der Waals surface area contributed by atoms with Crippen LogP contribution in [-0.2, 0) is 10.0 Å². The third-order valence-corrected chi connectivity index (χ3v) is 5.24. The largest absolute Gasteiger partial charge is 0.490 e. The molecule has 8 nitrogen and oxygen atoms in total. The van der Waals surface area contributed by atoms with Crippen LogP contribution in [0, 0.1) is 16.0 Å². The van der Waals surface area contributed by atoms with E-state index >= 15 is 0 Å². The minimum atomic E-state index is -3.81. The minimum Gasteiger partial charge on any atom is -0.490 e. The molecule has 0 aliphatic carbocycles. The number of ether oxygens (including phenoxy) is 1. The van der Waals surface area contributed by atoms with Crippen molar-refractivity contribution in [3.8, 4) is 5.75 Å². The average Bonchev–Trinajstić information content (AvgIpc) is 2.48. The van der Waals surface area contributed by atoms with Crippen molar-refractivity contribution >= 4 is 28.1 Å². The third-order valence-electron chi connectivity index (χ3n) is 3.75. The predicted molar refractivity (Wildman–Crippen MR) is 87.7 cm³/mol. The maximum Gasteiger partial charge on any atom is 0.312 e. The van der Waals surface area contributed by atoms with Gasteiger partial charge in [-0.2, -0.15) is 0 Å². The number of rotatable bonds is 5. The Labute approximate surface area is 141 Å². The zero-order valence-corrected chi connectivity index (χ0v) is 14.4. The molecule has 2 unspecified atom stereocenters. The molecule has 2 rings (SSSR count). The predicted octanol–water partition coefficient (Wildman–Crippen LogP) is 1.30. The molecule has 1 heterocycles. The molecule has 130 valence electrons. The van der Waals surface area contributed by atoms with Gasteiger partial charge in [0.2, 0.25) is 10.0 Å². The number of methoxy groups -OCH3 is 1. The zero-order chi connectivity index (χ0) is 16.3. The van der Waals surface area contributed by atoms with E-state index < -0.39 is 14.9 Å². The first kappa shape index (κ1) is 19.6. The van der Waals surface area contributed by atoms with Gasteiger partial charge in [-0.05, 0) is 37.6 Å². The first-order chi connectivity index (χ1) is 10.3. The van der Waals surface area contributed by atoms with Gasteiger partial charge in [0.05, 0.1) is 16.9 Å². The number of nitrogens with one attached hydrogen (secondary N) is 2. The Hall–Kier alpha value is -1.42. The second-order valence-electron chi connectivity index (χ2n) is 5.29. The number of benzene rings is 1. The summed E-state index contributed by atoms with van der Waals surface area (Å²) in [6.07, 6.45) is 0.679. The van der Waals surface area contributed by atoms with Crippen LogP contribution >= 0.6 is 12.4 Å². The Morgan fingerprint density at radius 3 is 2.70 bits per heavy atom. The van der Waals surface area contributed by atoms with Crippen molar-refractivity contribution in [2.45, 2.75) is 24.3 Å². The van der Waals surface area contributed by atoms with E-state index in [1.807, 2.05) is 6.92 Å². The van der Waals surface area contributed by atoms with E-state index in [1.165, 1.54) is 19.2 Å². The van der Waals surface area contributed by atoms with Gasteiger partial charge >= 0.3 is 5.69 Å². The summed E-state index contributed by atoms with van der Waals surface area (Å²) in [5.74, 6) is 0.177. The Bertz CT molecular complexity index is 668. The van der Waals surface area contributed by atoms with E-state index in [9.17, 15) is 18.5 Å². The zero-order valence-electron chi connectivity index (χ0n) is 12.8. The maximum atomic E-state index is 12.4. The van der Waals surface area contributed by atoms with Crippen molar-refractivity contribution in [1.29, 1.82) is 0 Å². The third kappa shape index (κ3) is 4.54. The molecule has 0 aromatic heterocycles. The van der Waals surface area contributed by atoms with E-state index in [0.717, 1.165) is 19.2 Å². The van der Waals surface area contributed by atoms with E-state index in [0.29, 0.717) is 6.42 Å². The van der Waals surface area contributed by atoms with Crippen molar-refractivity contribution in [2.24, 2.45) is 5.92 Å². The fraction of sp³-hybridized carbons (Fsp3) is 0.538. The van der Waals surface area contributed by atoms with Crippen molar-refractivity contribution in [3.05, 3.63) is 28.3 Å². The summed E-state index contributed by atoms with van der Waals surface area (Å²) in [7, 11) is -2.51. The lowest BCUT2D eigenvalue weighted by atomic mass is 9.97. The molecule has 0 spiro atoms. The fourth-order valence-corrected chi connectivity index (χ4v) is 3.83. The molecule has 0 saturated carbocycles. The molecule has 23 heavy (non-hydrogen) atoms. The normalized spacial score (nSPS) is 21.3. The Morgan fingerprint density at radius 2 is 2.13 bits per heavy atom. The van der Waals surface area contributed by atoms with E-state index in [2.05, 4.69) is 10.0 Å². The number of sulfonamides is 1. The van der Waals surface area contributed by atoms with Crippen LogP contribution in [0.25, 0.3) is 0 Å². The van der Waals surface area contributed by atoms with Crippen LogP contribution in [0.15, 0.2) is 23.1 Å². The second kappa shape index (κ2) is 7.91. The van der Waals surface area contributed by atoms with Crippen LogP contribution in [-0.4, -0.2) is 39.6 Å². The number of piperidine rings is 1.